The van der Waals surface area contributed by atoms with E-state index in [9.17, 15) is 4.79 Å². The number of rotatable bonds is 7. The summed E-state index contributed by atoms with van der Waals surface area (Å²) in [6.07, 6.45) is 6.47. The van der Waals surface area contributed by atoms with Gasteiger partial charge in [0.2, 0.25) is 0 Å². The van der Waals surface area contributed by atoms with Crippen molar-refractivity contribution in [2.45, 2.75) is 45.1 Å². The highest BCUT2D eigenvalue weighted by Crippen LogP contribution is 2.30. The molecule has 5 nitrogen and oxygen atoms in total. The van der Waals surface area contributed by atoms with Gasteiger partial charge in [-0.05, 0) is 50.8 Å². The Hall–Kier alpha value is -2.43. The molecule has 0 saturated carbocycles. The number of nitrogens with one attached hydrogen (secondary N) is 2. The third-order valence-electron chi connectivity index (χ3n) is 4.50. The first-order valence-corrected chi connectivity index (χ1v) is 9.02. The molecule has 5 heteroatoms. The molecule has 3 rings (SSSR count). The second-order valence-electron chi connectivity index (χ2n) is 6.51. The van der Waals surface area contributed by atoms with Crippen molar-refractivity contribution < 1.29 is 13.9 Å². The number of unbranched alkanes of at least 4 members (excludes halogenated alkanes) is 1. The summed E-state index contributed by atoms with van der Waals surface area (Å²) in [4.78, 5) is 12.0. The van der Waals surface area contributed by atoms with Crippen molar-refractivity contribution in [1.29, 1.82) is 0 Å². The predicted molar refractivity (Wildman–Crippen MR) is 96.8 cm³/mol. The first-order valence-electron chi connectivity index (χ1n) is 9.02. The van der Waals surface area contributed by atoms with E-state index in [0.29, 0.717) is 13.2 Å². The number of furan rings is 1. The maximum atomic E-state index is 12.0. The largest absolute Gasteiger partial charge is 0.494 e. The maximum Gasteiger partial charge on any atom is 0.315 e. The van der Waals surface area contributed by atoms with Crippen LogP contribution in [0.3, 0.4) is 0 Å². The lowest BCUT2D eigenvalue weighted by Crippen LogP contribution is -2.39. The first-order chi connectivity index (χ1) is 12.2. The van der Waals surface area contributed by atoms with Gasteiger partial charge >= 0.3 is 6.03 Å². The Kier molecular flexibility index (Phi) is 5.99. The van der Waals surface area contributed by atoms with E-state index in [-0.39, 0.29) is 12.1 Å². The van der Waals surface area contributed by atoms with Crippen LogP contribution in [0.4, 0.5) is 4.79 Å². The molecule has 1 aliphatic rings. The van der Waals surface area contributed by atoms with Gasteiger partial charge in [0.25, 0.3) is 0 Å². The zero-order valence-corrected chi connectivity index (χ0v) is 14.7. The fraction of sp³-hybridized carbons (Fsp3) is 0.450. The summed E-state index contributed by atoms with van der Waals surface area (Å²) >= 11 is 0. The van der Waals surface area contributed by atoms with Crippen LogP contribution in [0.25, 0.3) is 0 Å². The van der Waals surface area contributed by atoms with Crippen LogP contribution < -0.4 is 15.4 Å². The Labute approximate surface area is 148 Å². The molecule has 25 heavy (non-hydrogen) atoms. The summed E-state index contributed by atoms with van der Waals surface area (Å²) in [5.74, 6) is 1.90. The summed E-state index contributed by atoms with van der Waals surface area (Å²) in [6.45, 7) is 3.36. The van der Waals surface area contributed by atoms with Gasteiger partial charge in [-0.2, -0.15) is 0 Å². The van der Waals surface area contributed by atoms with Crippen molar-refractivity contribution in [3.63, 3.8) is 0 Å². The quantitative estimate of drug-likeness (QED) is 0.744. The average Bonchev–Trinajstić information content (AvgIpc) is 3.09. The molecule has 0 bridgehead atoms. The van der Waals surface area contributed by atoms with E-state index in [1.165, 1.54) is 5.56 Å². The van der Waals surface area contributed by atoms with Crippen LogP contribution in [0.15, 0.2) is 41.0 Å². The molecule has 1 heterocycles. The molecular weight excluding hydrogens is 316 g/mol. The molecule has 2 aromatic rings. The number of ether oxygens (including phenoxy) is 1. The van der Waals surface area contributed by atoms with Gasteiger partial charge in [0.05, 0.1) is 18.9 Å². The van der Waals surface area contributed by atoms with Crippen molar-refractivity contribution in [2.24, 2.45) is 0 Å². The molecule has 1 atom stereocenters. The number of aryl methyl sites for hydroxylation is 2. The summed E-state index contributed by atoms with van der Waals surface area (Å²) < 4.78 is 11.1. The second kappa shape index (κ2) is 8.60. The smallest absolute Gasteiger partial charge is 0.315 e. The molecule has 1 aliphatic carbocycles. The van der Waals surface area contributed by atoms with E-state index >= 15 is 0 Å². The predicted octanol–water partition coefficient (Wildman–Crippen LogP) is 4.12. The van der Waals surface area contributed by atoms with Gasteiger partial charge < -0.3 is 19.8 Å². The van der Waals surface area contributed by atoms with Crippen LogP contribution in [0.2, 0.25) is 0 Å². The standard InChI is InChI=1S/C20H26N2O3/c1-15-7-9-16(10-8-15)24-13-3-2-12-21-20(23)22-18-5-4-6-19-17(18)11-14-25-19/h7-11,14,18H,2-6,12-13H2,1H3,(H2,21,22,23). The molecule has 0 aliphatic heterocycles. The van der Waals surface area contributed by atoms with Gasteiger partial charge in [0.15, 0.2) is 0 Å². The Balaban J connectivity index is 1.29. The van der Waals surface area contributed by atoms with Crippen LogP contribution in [-0.2, 0) is 6.42 Å². The Morgan fingerprint density at radius 3 is 2.92 bits per heavy atom. The topological polar surface area (TPSA) is 63.5 Å². The Morgan fingerprint density at radius 1 is 1.24 bits per heavy atom. The van der Waals surface area contributed by atoms with Gasteiger partial charge in [-0.3, -0.25) is 0 Å². The molecule has 2 amide bonds. The summed E-state index contributed by atoms with van der Waals surface area (Å²) in [7, 11) is 0. The molecule has 1 unspecified atom stereocenters. The van der Waals surface area contributed by atoms with E-state index in [1.807, 2.05) is 30.3 Å². The van der Waals surface area contributed by atoms with Gasteiger partial charge in [0, 0.05) is 18.5 Å². The van der Waals surface area contributed by atoms with Crippen molar-refractivity contribution >= 4 is 6.03 Å². The lowest BCUT2D eigenvalue weighted by atomic mass is 9.93. The van der Waals surface area contributed by atoms with Gasteiger partial charge in [-0.25, -0.2) is 4.79 Å². The zero-order valence-electron chi connectivity index (χ0n) is 14.7. The lowest BCUT2D eigenvalue weighted by molar-refractivity contribution is 0.234. The number of urea groups is 1. The lowest BCUT2D eigenvalue weighted by Gasteiger charge is -2.22. The zero-order chi connectivity index (χ0) is 17.5. The van der Waals surface area contributed by atoms with Gasteiger partial charge in [-0.1, -0.05) is 17.7 Å². The van der Waals surface area contributed by atoms with E-state index < -0.39 is 0 Å². The minimum Gasteiger partial charge on any atom is -0.494 e. The molecular formula is C20H26N2O3. The highest BCUT2D eigenvalue weighted by atomic mass is 16.5. The minimum absolute atomic E-state index is 0.0624. The van der Waals surface area contributed by atoms with Crippen LogP contribution >= 0.6 is 0 Å². The van der Waals surface area contributed by atoms with E-state index in [2.05, 4.69) is 17.6 Å². The number of carbonyl (C=O) groups excluding carboxylic acids is 1. The summed E-state index contributed by atoms with van der Waals surface area (Å²) in [5, 5.41) is 5.96. The minimum atomic E-state index is -0.112. The van der Waals surface area contributed by atoms with Crippen LogP contribution in [-0.4, -0.2) is 19.2 Å². The molecule has 1 aromatic heterocycles. The third kappa shape index (κ3) is 5.02. The van der Waals surface area contributed by atoms with Crippen LogP contribution in [0.5, 0.6) is 5.75 Å². The average molecular weight is 342 g/mol. The number of hydrogen-bond donors (Lipinski definition) is 2. The highest BCUT2D eigenvalue weighted by molar-refractivity contribution is 5.74. The SMILES string of the molecule is Cc1ccc(OCCCCNC(=O)NC2CCCc3occc32)cc1. The van der Waals surface area contributed by atoms with E-state index in [4.69, 9.17) is 9.15 Å². The van der Waals surface area contributed by atoms with E-state index in [0.717, 1.165) is 49.2 Å². The van der Waals surface area contributed by atoms with Crippen LogP contribution in [0.1, 0.15) is 48.6 Å². The number of benzene rings is 1. The summed E-state index contributed by atoms with van der Waals surface area (Å²) in [5.41, 5.74) is 2.34. The number of hydrogen-bond acceptors (Lipinski definition) is 3. The Bertz CT molecular complexity index is 679. The van der Waals surface area contributed by atoms with Crippen molar-refractivity contribution in [3.8, 4) is 5.75 Å². The molecule has 2 N–H and O–H groups in total. The van der Waals surface area contributed by atoms with Crippen molar-refractivity contribution in [1.82, 2.24) is 10.6 Å². The molecule has 1 aromatic carbocycles. The monoisotopic (exact) mass is 342 g/mol. The first kappa shape index (κ1) is 17.4. The summed E-state index contributed by atoms with van der Waals surface area (Å²) in [6, 6.07) is 9.95. The second-order valence-corrected chi connectivity index (χ2v) is 6.51. The normalized spacial score (nSPS) is 16.1. The molecule has 0 radical (unpaired) electrons. The molecule has 134 valence electrons. The van der Waals surface area contributed by atoms with Crippen LogP contribution in [0, 0.1) is 6.92 Å². The van der Waals surface area contributed by atoms with Gasteiger partial charge in [-0.15, -0.1) is 0 Å². The number of carbonyl (C=O) groups is 1. The third-order valence-corrected chi connectivity index (χ3v) is 4.50. The molecule has 0 fully saturated rings. The van der Waals surface area contributed by atoms with Crippen molar-refractivity contribution in [2.75, 3.05) is 13.2 Å². The Morgan fingerprint density at radius 2 is 2.08 bits per heavy atom. The highest BCUT2D eigenvalue weighted by Gasteiger charge is 2.23. The fourth-order valence-electron chi connectivity index (χ4n) is 3.10. The maximum absolute atomic E-state index is 12.0. The van der Waals surface area contributed by atoms with Gasteiger partial charge in [0.1, 0.15) is 11.5 Å². The number of fused-ring (bicyclic) bond motifs is 1. The molecule has 0 saturated heterocycles. The number of amides is 2. The fourth-order valence-corrected chi connectivity index (χ4v) is 3.10. The molecule has 0 spiro atoms. The van der Waals surface area contributed by atoms with E-state index in [1.54, 1.807) is 6.26 Å². The van der Waals surface area contributed by atoms with Crippen molar-refractivity contribution in [3.05, 3.63) is 53.5 Å².